The van der Waals surface area contributed by atoms with Gasteiger partial charge in [0.15, 0.2) is 5.16 Å². The van der Waals surface area contributed by atoms with E-state index < -0.39 is 0 Å². The molecule has 2 fully saturated rings. The Morgan fingerprint density at radius 3 is 2.63 bits per heavy atom. The number of fused-ring (bicyclic) bond motifs is 1. The molecule has 0 radical (unpaired) electrons. The van der Waals surface area contributed by atoms with Crippen LogP contribution in [-0.4, -0.2) is 20.6 Å². The number of carbonyl (C=O) groups excluding carboxylic acids is 1. The molecule has 2 aliphatic carbocycles. The Labute approximate surface area is 165 Å². The molecule has 5 rings (SSSR count). The number of thioether (sulfide) groups is 1. The van der Waals surface area contributed by atoms with Crippen LogP contribution in [0.1, 0.15) is 50.0 Å². The third-order valence-electron chi connectivity index (χ3n) is 5.38. The highest BCUT2D eigenvalue weighted by Crippen LogP contribution is 2.44. The van der Waals surface area contributed by atoms with Crippen molar-refractivity contribution in [3.05, 3.63) is 51.6 Å². The lowest BCUT2D eigenvalue weighted by Crippen LogP contribution is -2.26. The summed E-state index contributed by atoms with van der Waals surface area (Å²) in [5, 5.41) is 3.42. The number of thiophene rings is 1. The van der Waals surface area contributed by atoms with Crippen LogP contribution in [0.5, 0.6) is 0 Å². The number of nitrogens with zero attached hydrogens (tertiary/aromatic N) is 2. The Morgan fingerprint density at radius 1 is 1.07 bits per heavy atom. The molecule has 4 nitrogen and oxygen atoms in total. The highest BCUT2D eigenvalue weighted by molar-refractivity contribution is 8.00. The first-order valence-corrected chi connectivity index (χ1v) is 11.3. The van der Waals surface area contributed by atoms with Crippen LogP contribution in [0.25, 0.3) is 15.9 Å². The van der Waals surface area contributed by atoms with Crippen LogP contribution in [0.15, 0.2) is 45.7 Å². The Bertz CT molecular complexity index is 1070. The van der Waals surface area contributed by atoms with Gasteiger partial charge in [-0.25, -0.2) is 4.98 Å². The van der Waals surface area contributed by atoms with Crippen molar-refractivity contribution in [2.75, 3.05) is 0 Å². The summed E-state index contributed by atoms with van der Waals surface area (Å²) in [6.45, 7) is 0. The summed E-state index contributed by atoms with van der Waals surface area (Å²) in [5.41, 5.74) is 1.97. The van der Waals surface area contributed by atoms with Crippen LogP contribution >= 0.6 is 23.1 Å². The fraction of sp³-hybridized carbons (Fsp3) is 0.381. The minimum absolute atomic E-state index is 0.000100. The molecule has 2 saturated carbocycles. The molecule has 1 aromatic carbocycles. The number of aromatic nitrogens is 2. The van der Waals surface area contributed by atoms with E-state index in [-0.39, 0.29) is 16.6 Å². The molecule has 0 amide bonds. The van der Waals surface area contributed by atoms with Gasteiger partial charge in [0.25, 0.3) is 5.56 Å². The molecular formula is C21H20N2O2S2. The van der Waals surface area contributed by atoms with Gasteiger partial charge >= 0.3 is 0 Å². The Hall–Kier alpha value is -1.92. The lowest BCUT2D eigenvalue weighted by molar-refractivity contribution is -0.119. The largest absolute Gasteiger partial charge is 0.298 e. The van der Waals surface area contributed by atoms with Gasteiger partial charge in [-0.3, -0.25) is 14.2 Å². The first-order chi connectivity index (χ1) is 13.2. The van der Waals surface area contributed by atoms with Crippen LogP contribution in [0, 0.1) is 0 Å². The second-order valence-electron chi connectivity index (χ2n) is 7.33. The van der Waals surface area contributed by atoms with Gasteiger partial charge in [-0.1, -0.05) is 36.4 Å². The van der Waals surface area contributed by atoms with Gasteiger partial charge in [-0.05, 0) is 54.7 Å². The molecule has 1 atom stereocenters. The number of hydrogen-bond donors (Lipinski definition) is 0. The zero-order valence-corrected chi connectivity index (χ0v) is 16.5. The molecule has 2 aromatic heterocycles. The van der Waals surface area contributed by atoms with Crippen molar-refractivity contribution in [2.24, 2.45) is 0 Å². The maximum Gasteiger partial charge on any atom is 0.267 e. The normalized spacial score (nSPS) is 20.3. The van der Waals surface area contributed by atoms with Crippen molar-refractivity contribution < 1.29 is 4.79 Å². The summed E-state index contributed by atoms with van der Waals surface area (Å²) in [6, 6.07) is 9.68. The third kappa shape index (κ3) is 3.15. The maximum absolute atomic E-state index is 13.5. The van der Waals surface area contributed by atoms with E-state index in [2.05, 4.69) is 5.38 Å². The summed E-state index contributed by atoms with van der Waals surface area (Å²) in [4.78, 5) is 31.6. The minimum Gasteiger partial charge on any atom is -0.298 e. The molecule has 0 spiro atoms. The molecule has 1 unspecified atom stereocenters. The summed E-state index contributed by atoms with van der Waals surface area (Å²) in [7, 11) is 0. The van der Waals surface area contributed by atoms with Crippen LogP contribution in [-0.2, 0) is 4.79 Å². The monoisotopic (exact) mass is 396 g/mol. The van der Waals surface area contributed by atoms with Crippen LogP contribution in [0.3, 0.4) is 0 Å². The molecule has 0 saturated heterocycles. The Morgan fingerprint density at radius 2 is 1.89 bits per heavy atom. The minimum atomic E-state index is -0.0964. The third-order valence-corrected chi connectivity index (χ3v) is 7.54. The standard InChI is InChI=1S/C21H20N2O2S2/c24-16-8-4-5-9-17(16)27-21-22-19-18(15(12-26-19)13-10-11-13)20(25)23(21)14-6-2-1-3-7-14/h1-3,6-7,12-13,17H,4-5,8-11H2. The molecule has 27 heavy (non-hydrogen) atoms. The van der Waals surface area contributed by atoms with E-state index in [0.717, 1.165) is 53.6 Å². The number of ketones is 1. The molecule has 0 N–H and O–H groups in total. The van der Waals surface area contributed by atoms with Crippen LogP contribution in [0.4, 0.5) is 0 Å². The molecule has 3 aromatic rings. The van der Waals surface area contributed by atoms with E-state index in [0.29, 0.717) is 17.5 Å². The van der Waals surface area contributed by atoms with E-state index >= 15 is 0 Å². The fourth-order valence-electron chi connectivity index (χ4n) is 3.77. The van der Waals surface area contributed by atoms with E-state index in [1.807, 2.05) is 30.3 Å². The highest BCUT2D eigenvalue weighted by atomic mass is 32.2. The number of rotatable bonds is 4. The highest BCUT2D eigenvalue weighted by Gasteiger charge is 2.30. The summed E-state index contributed by atoms with van der Waals surface area (Å²) in [5.74, 6) is 0.793. The summed E-state index contributed by atoms with van der Waals surface area (Å²) >= 11 is 3.02. The molecular weight excluding hydrogens is 376 g/mol. The zero-order valence-electron chi connectivity index (χ0n) is 14.9. The first-order valence-electron chi connectivity index (χ1n) is 9.51. The second-order valence-corrected chi connectivity index (χ2v) is 9.36. The molecule has 2 aliphatic rings. The molecule has 0 aliphatic heterocycles. The van der Waals surface area contributed by atoms with Crippen molar-refractivity contribution in [3.63, 3.8) is 0 Å². The number of benzene rings is 1. The number of para-hydroxylation sites is 1. The quantitative estimate of drug-likeness (QED) is 0.587. The summed E-state index contributed by atoms with van der Waals surface area (Å²) < 4.78 is 1.72. The predicted octanol–water partition coefficient (Wildman–Crippen LogP) is 4.93. The average Bonchev–Trinajstić information content (AvgIpc) is 3.44. The Balaban J connectivity index is 1.69. The van der Waals surface area contributed by atoms with E-state index in [1.165, 1.54) is 11.8 Å². The molecule has 2 heterocycles. The fourth-order valence-corrected chi connectivity index (χ4v) is 6.07. The number of Topliss-reactive ketones (excluding diaryl/α,β-unsaturated/α-hetero) is 1. The zero-order chi connectivity index (χ0) is 18.4. The van der Waals surface area contributed by atoms with E-state index in [4.69, 9.17) is 4.98 Å². The average molecular weight is 397 g/mol. The van der Waals surface area contributed by atoms with Gasteiger partial charge in [-0.2, -0.15) is 0 Å². The van der Waals surface area contributed by atoms with Crippen molar-refractivity contribution in [3.8, 4) is 5.69 Å². The molecule has 0 bridgehead atoms. The smallest absolute Gasteiger partial charge is 0.267 e. The van der Waals surface area contributed by atoms with Crippen LogP contribution in [0.2, 0.25) is 0 Å². The number of hydrogen-bond acceptors (Lipinski definition) is 5. The summed E-state index contributed by atoms with van der Waals surface area (Å²) in [6.07, 6.45) is 5.85. The van der Waals surface area contributed by atoms with Gasteiger partial charge in [0.1, 0.15) is 10.6 Å². The SMILES string of the molecule is O=C1CCCCC1Sc1nc2scc(C3CC3)c2c(=O)n1-c1ccccc1. The second kappa shape index (κ2) is 6.91. The number of carbonyl (C=O) groups is 1. The molecule has 138 valence electrons. The van der Waals surface area contributed by atoms with Crippen LogP contribution < -0.4 is 5.56 Å². The Kier molecular flexibility index (Phi) is 4.40. The van der Waals surface area contributed by atoms with Gasteiger partial charge in [0.2, 0.25) is 0 Å². The van der Waals surface area contributed by atoms with E-state index in [9.17, 15) is 9.59 Å². The van der Waals surface area contributed by atoms with Crippen molar-refractivity contribution in [2.45, 2.75) is 54.8 Å². The van der Waals surface area contributed by atoms with Crippen molar-refractivity contribution in [1.82, 2.24) is 9.55 Å². The van der Waals surface area contributed by atoms with Crippen molar-refractivity contribution >= 4 is 39.1 Å². The van der Waals surface area contributed by atoms with Gasteiger partial charge < -0.3 is 0 Å². The lowest BCUT2D eigenvalue weighted by atomic mass is 9.99. The van der Waals surface area contributed by atoms with E-state index in [1.54, 1.807) is 15.9 Å². The topological polar surface area (TPSA) is 52.0 Å². The first kappa shape index (κ1) is 17.2. The molecule has 6 heteroatoms. The van der Waals surface area contributed by atoms with Gasteiger partial charge in [-0.15, -0.1) is 11.3 Å². The lowest BCUT2D eigenvalue weighted by Gasteiger charge is -2.21. The van der Waals surface area contributed by atoms with Crippen molar-refractivity contribution in [1.29, 1.82) is 0 Å². The predicted molar refractivity (Wildman–Crippen MR) is 110 cm³/mol. The maximum atomic E-state index is 13.5. The van der Waals surface area contributed by atoms with Gasteiger partial charge in [0, 0.05) is 6.42 Å². The van der Waals surface area contributed by atoms with Gasteiger partial charge in [0.05, 0.1) is 16.3 Å².